The van der Waals surface area contributed by atoms with E-state index < -0.39 is 5.60 Å². The Bertz CT molecular complexity index is 635. The molecule has 0 amide bonds. The van der Waals surface area contributed by atoms with Crippen LogP contribution in [0.25, 0.3) is 0 Å². The Labute approximate surface area is 127 Å². The zero-order chi connectivity index (χ0) is 14.2. The lowest BCUT2D eigenvalue weighted by molar-refractivity contribution is 0.0967. The minimum Gasteiger partial charge on any atom is -0.493 e. The maximum atomic E-state index is 11.0. The second-order valence-corrected chi connectivity index (χ2v) is 6.24. The van der Waals surface area contributed by atoms with Gasteiger partial charge in [-0.1, -0.05) is 46.3 Å². The van der Waals surface area contributed by atoms with Gasteiger partial charge in [-0.3, -0.25) is 0 Å². The zero-order valence-electron chi connectivity index (χ0n) is 11.4. The van der Waals surface area contributed by atoms with Gasteiger partial charge in [0.15, 0.2) is 0 Å². The Kier molecular flexibility index (Phi) is 3.57. The summed E-state index contributed by atoms with van der Waals surface area (Å²) < 4.78 is 6.78. The third-order valence-electron chi connectivity index (χ3n) is 3.84. The molecule has 0 bridgehead atoms. The second kappa shape index (κ2) is 5.23. The topological polar surface area (TPSA) is 29.5 Å². The Balaban J connectivity index is 2.12. The molecule has 3 heteroatoms. The number of benzene rings is 2. The minimum absolute atomic E-state index is 0.721. The molecule has 0 radical (unpaired) electrons. The lowest BCUT2D eigenvalue weighted by Gasteiger charge is -2.30. The summed E-state index contributed by atoms with van der Waals surface area (Å²) in [5.41, 5.74) is 1.82. The number of hydrogen-bond acceptors (Lipinski definition) is 2. The molecule has 1 unspecified atom stereocenters. The van der Waals surface area contributed by atoms with E-state index in [1.54, 1.807) is 0 Å². The number of rotatable bonds is 2. The van der Waals surface area contributed by atoms with Gasteiger partial charge in [0.1, 0.15) is 11.4 Å². The number of aliphatic hydroxyl groups is 1. The lowest BCUT2D eigenvalue weighted by atomic mass is 9.85. The van der Waals surface area contributed by atoms with Gasteiger partial charge in [0.25, 0.3) is 0 Å². The first-order chi connectivity index (χ1) is 9.59. The van der Waals surface area contributed by atoms with E-state index in [1.165, 1.54) is 5.56 Å². The van der Waals surface area contributed by atoms with Crippen LogP contribution in [0.2, 0.25) is 0 Å². The van der Waals surface area contributed by atoms with Crippen molar-refractivity contribution in [2.45, 2.75) is 25.4 Å². The van der Waals surface area contributed by atoms with Crippen molar-refractivity contribution in [1.82, 2.24) is 0 Å². The molecule has 0 aliphatic carbocycles. The normalized spacial score (nSPS) is 16.9. The quantitative estimate of drug-likeness (QED) is 0.899. The van der Waals surface area contributed by atoms with Gasteiger partial charge in [0.05, 0.1) is 6.61 Å². The van der Waals surface area contributed by atoms with Gasteiger partial charge in [0.2, 0.25) is 0 Å². The van der Waals surface area contributed by atoms with Crippen molar-refractivity contribution in [2.75, 3.05) is 6.61 Å². The molecule has 0 fully saturated rings. The molecule has 0 saturated carbocycles. The summed E-state index contributed by atoms with van der Waals surface area (Å²) in [6.07, 6.45) is 2.05. The summed E-state index contributed by atoms with van der Waals surface area (Å²) >= 11 is 3.46. The molecule has 0 saturated heterocycles. The summed E-state index contributed by atoms with van der Waals surface area (Å²) in [6, 6.07) is 13.8. The van der Waals surface area contributed by atoms with E-state index in [1.807, 2.05) is 43.3 Å². The number of hydrogen-bond donors (Lipinski definition) is 1. The molecule has 0 aromatic heterocycles. The maximum absolute atomic E-state index is 11.0. The van der Waals surface area contributed by atoms with E-state index >= 15 is 0 Å². The fourth-order valence-corrected chi connectivity index (χ4v) is 3.12. The number of para-hydroxylation sites is 1. The molecule has 0 spiro atoms. The summed E-state index contributed by atoms with van der Waals surface area (Å²) in [5.74, 6) is 0.851. The molecule has 1 N–H and O–H groups in total. The largest absolute Gasteiger partial charge is 0.493 e. The highest BCUT2D eigenvalue weighted by molar-refractivity contribution is 9.10. The fraction of sp³-hybridized carbons (Fsp3) is 0.294. The highest BCUT2D eigenvalue weighted by atomic mass is 79.9. The average Bonchev–Trinajstić information content (AvgIpc) is 2.46. The van der Waals surface area contributed by atoms with Crippen molar-refractivity contribution in [1.29, 1.82) is 0 Å². The predicted molar refractivity (Wildman–Crippen MR) is 83.1 cm³/mol. The fourth-order valence-electron chi connectivity index (χ4n) is 2.72. The smallest absolute Gasteiger partial charge is 0.128 e. The SMILES string of the molecule is CC(O)(c1cccc(Br)c1)c1cccc2c1OCCC2. The number of ether oxygens (including phenoxy) is 1. The second-order valence-electron chi connectivity index (χ2n) is 5.33. The molecular weight excluding hydrogens is 316 g/mol. The first kappa shape index (κ1) is 13.7. The third-order valence-corrected chi connectivity index (χ3v) is 4.34. The minimum atomic E-state index is -1.06. The zero-order valence-corrected chi connectivity index (χ0v) is 13.0. The molecular formula is C17H17BrO2. The number of halogens is 1. The maximum Gasteiger partial charge on any atom is 0.128 e. The molecule has 1 heterocycles. The van der Waals surface area contributed by atoms with Crippen molar-refractivity contribution in [2.24, 2.45) is 0 Å². The van der Waals surface area contributed by atoms with Crippen molar-refractivity contribution < 1.29 is 9.84 Å². The Morgan fingerprint density at radius 3 is 2.80 bits per heavy atom. The van der Waals surface area contributed by atoms with Crippen molar-refractivity contribution in [3.05, 3.63) is 63.6 Å². The van der Waals surface area contributed by atoms with Crippen LogP contribution in [0.5, 0.6) is 5.75 Å². The summed E-state index contributed by atoms with van der Waals surface area (Å²) in [4.78, 5) is 0. The van der Waals surface area contributed by atoms with Crippen LogP contribution in [0.3, 0.4) is 0 Å². The van der Waals surface area contributed by atoms with Gasteiger partial charge < -0.3 is 9.84 Å². The molecule has 2 aromatic carbocycles. The van der Waals surface area contributed by atoms with Crippen molar-refractivity contribution in [3.63, 3.8) is 0 Å². The molecule has 1 atom stereocenters. The first-order valence-electron chi connectivity index (χ1n) is 6.82. The number of aryl methyl sites for hydroxylation is 1. The van der Waals surface area contributed by atoms with Gasteiger partial charge in [0, 0.05) is 10.0 Å². The van der Waals surface area contributed by atoms with E-state index in [0.717, 1.165) is 40.8 Å². The highest BCUT2D eigenvalue weighted by Gasteiger charge is 2.31. The van der Waals surface area contributed by atoms with Gasteiger partial charge in [-0.25, -0.2) is 0 Å². The van der Waals surface area contributed by atoms with E-state index in [9.17, 15) is 5.11 Å². The summed E-state index contributed by atoms with van der Waals surface area (Å²) in [5, 5.41) is 11.0. The van der Waals surface area contributed by atoms with E-state index in [2.05, 4.69) is 22.0 Å². The van der Waals surface area contributed by atoms with Gasteiger partial charge in [-0.05, 0) is 43.0 Å². The van der Waals surface area contributed by atoms with E-state index in [0.29, 0.717) is 0 Å². The predicted octanol–water partition coefficient (Wildman–Crippen LogP) is 4.03. The standard InChI is InChI=1S/C17H17BrO2/c1-17(19,13-7-3-8-14(18)11-13)15-9-2-5-12-6-4-10-20-16(12)15/h2-3,5,7-9,11,19H,4,6,10H2,1H3. The van der Waals surface area contributed by atoms with Crippen LogP contribution >= 0.6 is 15.9 Å². The van der Waals surface area contributed by atoms with Crippen LogP contribution in [0.1, 0.15) is 30.0 Å². The van der Waals surface area contributed by atoms with E-state index in [4.69, 9.17) is 4.74 Å². The first-order valence-corrected chi connectivity index (χ1v) is 7.62. The Morgan fingerprint density at radius 1 is 1.20 bits per heavy atom. The van der Waals surface area contributed by atoms with Crippen LogP contribution in [0.15, 0.2) is 46.9 Å². The van der Waals surface area contributed by atoms with Gasteiger partial charge in [-0.2, -0.15) is 0 Å². The van der Waals surface area contributed by atoms with Crippen LogP contribution in [-0.4, -0.2) is 11.7 Å². The van der Waals surface area contributed by atoms with Crippen LogP contribution < -0.4 is 4.74 Å². The molecule has 20 heavy (non-hydrogen) atoms. The van der Waals surface area contributed by atoms with Gasteiger partial charge in [-0.15, -0.1) is 0 Å². The molecule has 1 aliphatic rings. The average molecular weight is 333 g/mol. The monoisotopic (exact) mass is 332 g/mol. The molecule has 104 valence electrons. The van der Waals surface area contributed by atoms with E-state index in [-0.39, 0.29) is 0 Å². The molecule has 2 nitrogen and oxygen atoms in total. The Hall–Kier alpha value is -1.32. The molecule has 1 aliphatic heterocycles. The summed E-state index contributed by atoms with van der Waals surface area (Å²) in [7, 11) is 0. The van der Waals surface area contributed by atoms with Gasteiger partial charge >= 0.3 is 0 Å². The highest BCUT2D eigenvalue weighted by Crippen LogP contribution is 2.39. The lowest BCUT2D eigenvalue weighted by Crippen LogP contribution is -2.25. The summed E-state index contributed by atoms with van der Waals surface area (Å²) in [6.45, 7) is 2.54. The van der Waals surface area contributed by atoms with Crippen LogP contribution in [0, 0.1) is 0 Å². The van der Waals surface area contributed by atoms with Crippen molar-refractivity contribution in [3.8, 4) is 5.75 Å². The molecule has 3 rings (SSSR count). The van der Waals surface area contributed by atoms with Crippen molar-refractivity contribution >= 4 is 15.9 Å². The number of fused-ring (bicyclic) bond motifs is 1. The third kappa shape index (κ3) is 2.36. The Morgan fingerprint density at radius 2 is 2.00 bits per heavy atom. The van der Waals surface area contributed by atoms with Crippen LogP contribution in [-0.2, 0) is 12.0 Å². The van der Waals surface area contributed by atoms with Crippen LogP contribution in [0.4, 0.5) is 0 Å². The molecule has 2 aromatic rings.